The molecule has 2 aromatic rings. The molecule has 0 bridgehead atoms. The van der Waals surface area contributed by atoms with Crippen LogP contribution in [0.25, 0.3) is 0 Å². The molecule has 0 aliphatic carbocycles. The summed E-state index contributed by atoms with van der Waals surface area (Å²) < 4.78 is 33.1. The highest BCUT2D eigenvalue weighted by atomic mass is 32.2. The number of sulfonamides is 1. The minimum atomic E-state index is -3.74. The molecule has 3 unspecified atom stereocenters. The van der Waals surface area contributed by atoms with Gasteiger partial charge in [0.05, 0.1) is 17.1 Å². The van der Waals surface area contributed by atoms with E-state index in [0.717, 1.165) is 18.4 Å². The number of rotatable bonds is 9. The summed E-state index contributed by atoms with van der Waals surface area (Å²) in [4.78, 5) is 12.6. The second-order valence-corrected chi connectivity index (χ2v) is 9.32. The SMILES string of the molecule is CC(CC(O)c1ccccc1)NC(=O)c1cccc(S(=O)(=O)NCC2CCCO2)c1. The van der Waals surface area contributed by atoms with Crippen LogP contribution < -0.4 is 10.0 Å². The van der Waals surface area contributed by atoms with Gasteiger partial charge in [0.1, 0.15) is 0 Å². The van der Waals surface area contributed by atoms with Crippen molar-refractivity contribution in [2.75, 3.05) is 13.2 Å². The number of ether oxygens (including phenoxy) is 1. The molecule has 1 heterocycles. The largest absolute Gasteiger partial charge is 0.388 e. The molecule has 1 fully saturated rings. The van der Waals surface area contributed by atoms with E-state index >= 15 is 0 Å². The molecule has 1 aliphatic rings. The number of aliphatic hydroxyl groups is 1. The number of amides is 1. The zero-order valence-corrected chi connectivity index (χ0v) is 17.8. The van der Waals surface area contributed by atoms with E-state index in [0.29, 0.717) is 13.0 Å². The van der Waals surface area contributed by atoms with Crippen molar-refractivity contribution in [1.82, 2.24) is 10.0 Å². The average Bonchev–Trinajstić information content (AvgIpc) is 3.27. The molecule has 2 aromatic carbocycles. The number of benzene rings is 2. The van der Waals surface area contributed by atoms with Crippen LogP contribution in [-0.4, -0.2) is 44.7 Å². The lowest BCUT2D eigenvalue weighted by Crippen LogP contribution is -2.34. The molecule has 1 aliphatic heterocycles. The predicted octanol–water partition coefficient (Wildman–Crippen LogP) is 2.39. The third-order valence-electron chi connectivity index (χ3n) is 5.07. The van der Waals surface area contributed by atoms with Gasteiger partial charge in [-0.2, -0.15) is 0 Å². The molecule has 0 saturated carbocycles. The maximum Gasteiger partial charge on any atom is 0.251 e. The van der Waals surface area contributed by atoms with E-state index in [-0.39, 0.29) is 35.1 Å². The topological polar surface area (TPSA) is 105 Å². The first-order valence-corrected chi connectivity index (χ1v) is 11.6. The maximum absolute atomic E-state index is 12.6. The number of aliphatic hydroxyl groups excluding tert-OH is 1. The monoisotopic (exact) mass is 432 g/mol. The Morgan fingerprint density at radius 1 is 1.20 bits per heavy atom. The van der Waals surface area contributed by atoms with E-state index in [4.69, 9.17) is 4.74 Å². The number of carbonyl (C=O) groups is 1. The molecule has 3 rings (SSSR count). The Labute approximate surface area is 177 Å². The Balaban J connectivity index is 1.59. The zero-order valence-electron chi connectivity index (χ0n) is 17.0. The van der Waals surface area contributed by atoms with E-state index in [1.54, 1.807) is 19.1 Å². The highest BCUT2D eigenvalue weighted by Gasteiger charge is 2.21. The van der Waals surface area contributed by atoms with Crippen molar-refractivity contribution in [2.24, 2.45) is 0 Å². The lowest BCUT2D eigenvalue weighted by atomic mass is 10.0. The normalized spacial score (nSPS) is 18.7. The third-order valence-corrected chi connectivity index (χ3v) is 6.49. The van der Waals surface area contributed by atoms with Crippen molar-refractivity contribution in [2.45, 2.75) is 49.3 Å². The van der Waals surface area contributed by atoms with Gasteiger partial charge < -0.3 is 15.2 Å². The van der Waals surface area contributed by atoms with E-state index in [9.17, 15) is 18.3 Å². The minimum absolute atomic E-state index is 0.0325. The second-order valence-electron chi connectivity index (χ2n) is 7.55. The van der Waals surface area contributed by atoms with E-state index in [2.05, 4.69) is 10.0 Å². The Morgan fingerprint density at radius 3 is 2.67 bits per heavy atom. The van der Waals surface area contributed by atoms with Crippen molar-refractivity contribution in [1.29, 1.82) is 0 Å². The lowest BCUT2D eigenvalue weighted by Gasteiger charge is -2.18. The summed E-state index contributed by atoms with van der Waals surface area (Å²) in [5.74, 6) is -0.390. The van der Waals surface area contributed by atoms with Gasteiger partial charge in [-0.05, 0) is 49.9 Å². The third kappa shape index (κ3) is 6.12. The first kappa shape index (κ1) is 22.4. The van der Waals surface area contributed by atoms with Crippen LogP contribution in [0.3, 0.4) is 0 Å². The number of nitrogens with one attached hydrogen (secondary N) is 2. The molecule has 1 saturated heterocycles. The fraction of sp³-hybridized carbons (Fsp3) is 0.409. The van der Waals surface area contributed by atoms with Crippen LogP contribution >= 0.6 is 0 Å². The molecule has 8 heteroatoms. The molecule has 162 valence electrons. The van der Waals surface area contributed by atoms with Gasteiger partial charge in [-0.25, -0.2) is 13.1 Å². The van der Waals surface area contributed by atoms with Crippen LogP contribution in [0.5, 0.6) is 0 Å². The van der Waals surface area contributed by atoms with Crippen LogP contribution in [0.4, 0.5) is 0 Å². The van der Waals surface area contributed by atoms with Gasteiger partial charge >= 0.3 is 0 Å². The van der Waals surface area contributed by atoms with Crippen molar-refractivity contribution in [3.63, 3.8) is 0 Å². The fourth-order valence-corrected chi connectivity index (χ4v) is 4.52. The van der Waals surface area contributed by atoms with Gasteiger partial charge in [-0.15, -0.1) is 0 Å². The van der Waals surface area contributed by atoms with Crippen LogP contribution in [0, 0.1) is 0 Å². The van der Waals surface area contributed by atoms with Gasteiger partial charge in [0.25, 0.3) is 5.91 Å². The van der Waals surface area contributed by atoms with E-state index in [1.807, 2.05) is 30.3 Å². The summed E-state index contributed by atoms with van der Waals surface area (Å²) in [5, 5.41) is 13.1. The average molecular weight is 433 g/mol. The smallest absolute Gasteiger partial charge is 0.251 e. The molecule has 3 atom stereocenters. The minimum Gasteiger partial charge on any atom is -0.388 e. The van der Waals surface area contributed by atoms with E-state index < -0.39 is 16.1 Å². The molecule has 30 heavy (non-hydrogen) atoms. The molecular weight excluding hydrogens is 404 g/mol. The van der Waals surface area contributed by atoms with Crippen LogP contribution in [0.2, 0.25) is 0 Å². The maximum atomic E-state index is 12.6. The molecule has 1 amide bonds. The standard InChI is InChI=1S/C22H28N2O5S/c1-16(13-21(25)17-7-3-2-4-8-17)24-22(26)18-9-5-11-20(14-18)30(27,28)23-15-19-10-6-12-29-19/h2-5,7-9,11,14,16,19,21,23,25H,6,10,12-13,15H2,1H3,(H,24,26). The Morgan fingerprint density at radius 2 is 1.97 bits per heavy atom. The van der Waals surface area contributed by atoms with Crippen molar-refractivity contribution in [3.8, 4) is 0 Å². The molecular formula is C22H28N2O5S. The second kappa shape index (κ2) is 10.2. The Kier molecular flexibility index (Phi) is 7.60. The summed E-state index contributed by atoms with van der Waals surface area (Å²) in [5.41, 5.74) is 1.03. The predicted molar refractivity (Wildman–Crippen MR) is 114 cm³/mol. The van der Waals surface area contributed by atoms with Crippen molar-refractivity contribution >= 4 is 15.9 Å². The molecule has 0 aromatic heterocycles. The summed E-state index contributed by atoms with van der Waals surface area (Å²) >= 11 is 0. The van der Waals surface area contributed by atoms with Crippen molar-refractivity contribution in [3.05, 3.63) is 65.7 Å². The van der Waals surface area contributed by atoms with Crippen LogP contribution in [0.1, 0.15) is 48.2 Å². The first-order valence-electron chi connectivity index (χ1n) is 10.1. The number of carbonyl (C=O) groups excluding carboxylic acids is 1. The van der Waals surface area contributed by atoms with Gasteiger partial charge in [0.2, 0.25) is 10.0 Å². The highest BCUT2D eigenvalue weighted by molar-refractivity contribution is 7.89. The van der Waals surface area contributed by atoms with Crippen LogP contribution in [-0.2, 0) is 14.8 Å². The van der Waals surface area contributed by atoms with Gasteiger partial charge in [-0.1, -0.05) is 36.4 Å². The molecule has 7 nitrogen and oxygen atoms in total. The molecule has 0 radical (unpaired) electrons. The Bertz CT molecular complexity index is 943. The molecule has 3 N–H and O–H groups in total. The fourth-order valence-electron chi connectivity index (χ4n) is 3.41. The molecule has 0 spiro atoms. The van der Waals surface area contributed by atoms with E-state index in [1.165, 1.54) is 12.1 Å². The summed E-state index contributed by atoms with van der Waals surface area (Å²) in [6, 6.07) is 14.8. The number of hydrogen-bond acceptors (Lipinski definition) is 5. The number of hydrogen-bond donors (Lipinski definition) is 3. The van der Waals surface area contributed by atoms with Crippen molar-refractivity contribution < 1.29 is 23.1 Å². The summed E-state index contributed by atoms with van der Waals surface area (Å²) in [6.45, 7) is 2.67. The highest BCUT2D eigenvalue weighted by Crippen LogP contribution is 2.18. The zero-order chi connectivity index (χ0) is 21.6. The van der Waals surface area contributed by atoms with Gasteiger partial charge in [0.15, 0.2) is 0 Å². The van der Waals surface area contributed by atoms with Crippen LogP contribution in [0.15, 0.2) is 59.5 Å². The van der Waals surface area contributed by atoms with Gasteiger partial charge in [-0.3, -0.25) is 4.79 Å². The quantitative estimate of drug-likeness (QED) is 0.564. The first-order chi connectivity index (χ1) is 14.3. The summed E-state index contributed by atoms with van der Waals surface area (Å²) in [6.07, 6.45) is 1.30. The Hall–Kier alpha value is -2.26. The lowest BCUT2D eigenvalue weighted by molar-refractivity contribution is 0.0916. The summed E-state index contributed by atoms with van der Waals surface area (Å²) in [7, 11) is -3.74. The van der Waals surface area contributed by atoms with Gasteiger partial charge in [0, 0.05) is 24.8 Å².